The van der Waals surface area contributed by atoms with E-state index in [1.165, 1.54) is 11.8 Å². The van der Waals surface area contributed by atoms with E-state index in [0.717, 1.165) is 24.0 Å². The van der Waals surface area contributed by atoms with Crippen molar-refractivity contribution in [3.8, 4) is 11.1 Å². The lowest BCUT2D eigenvalue weighted by atomic mass is 10.0. The third kappa shape index (κ3) is 6.10. The fourth-order valence-corrected chi connectivity index (χ4v) is 4.74. The first-order valence-electron chi connectivity index (χ1n) is 12.9. The maximum absolute atomic E-state index is 14.0. The Balaban J connectivity index is 1.65. The van der Waals surface area contributed by atoms with Crippen molar-refractivity contribution < 1.29 is 23.9 Å². The van der Waals surface area contributed by atoms with Gasteiger partial charge in [0.25, 0.3) is 5.91 Å². The number of aryl methyl sites for hydroxylation is 2. The number of carbonyl (C=O) groups is 3. The van der Waals surface area contributed by atoms with Gasteiger partial charge in [0, 0.05) is 37.5 Å². The van der Waals surface area contributed by atoms with Gasteiger partial charge in [0.1, 0.15) is 11.4 Å². The first kappa shape index (κ1) is 27.8. The molecule has 1 aliphatic rings. The van der Waals surface area contributed by atoms with E-state index < -0.39 is 11.6 Å². The van der Waals surface area contributed by atoms with E-state index in [4.69, 9.17) is 9.47 Å². The quantitative estimate of drug-likeness (QED) is 0.440. The van der Waals surface area contributed by atoms with Crippen molar-refractivity contribution in [3.05, 3.63) is 65.6 Å². The Morgan fingerprint density at radius 3 is 2.46 bits per heavy atom. The van der Waals surface area contributed by atoms with Crippen LogP contribution in [-0.4, -0.2) is 69.5 Å². The van der Waals surface area contributed by atoms with Crippen molar-refractivity contribution >= 4 is 23.8 Å². The van der Waals surface area contributed by atoms with Gasteiger partial charge in [-0.05, 0) is 69.9 Å². The third-order valence-corrected chi connectivity index (χ3v) is 6.60. The minimum absolute atomic E-state index is 0.223. The SMILES string of the molecule is COC(=O)c1c(-c2ccc(C(=O)N(c3ncccc3C)[C@@H]3CCCN(C(=O)OC(C)(C)C)C3)cc2)cnn1C. The summed E-state index contributed by atoms with van der Waals surface area (Å²) in [7, 11) is 3.00. The first-order chi connectivity index (χ1) is 18.5. The van der Waals surface area contributed by atoms with E-state index in [2.05, 4.69) is 10.1 Å². The standard InChI is InChI=1S/C29H35N5O5/c1-19-9-7-15-30-25(19)34(22-10-8-16-33(18-22)28(37)39-29(2,3)4)26(35)21-13-11-20(12-14-21)23-17-31-32(5)24(23)27(36)38-6/h7,9,11-15,17,22H,8,10,16,18H2,1-6H3/t22-/m1/s1. The molecule has 4 rings (SSSR count). The molecule has 39 heavy (non-hydrogen) atoms. The maximum Gasteiger partial charge on any atom is 0.410 e. The smallest absolute Gasteiger partial charge is 0.410 e. The third-order valence-electron chi connectivity index (χ3n) is 6.60. The Labute approximate surface area is 228 Å². The highest BCUT2D eigenvalue weighted by molar-refractivity contribution is 6.07. The number of amides is 2. The molecule has 206 valence electrons. The molecule has 2 aromatic heterocycles. The number of anilines is 1. The molecule has 10 heteroatoms. The molecule has 0 N–H and O–H groups in total. The summed E-state index contributed by atoms with van der Waals surface area (Å²) in [5, 5.41) is 4.19. The summed E-state index contributed by atoms with van der Waals surface area (Å²) < 4.78 is 12.0. The van der Waals surface area contributed by atoms with E-state index in [0.29, 0.717) is 35.7 Å². The maximum atomic E-state index is 14.0. The van der Waals surface area contributed by atoms with Crippen LogP contribution in [0.2, 0.25) is 0 Å². The highest BCUT2D eigenvalue weighted by atomic mass is 16.6. The largest absolute Gasteiger partial charge is 0.464 e. The molecule has 0 spiro atoms. The number of ether oxygens (including phenoxy) is 2. The minimum Gasteiger partial charge on any atom is -0.464 e. The van der Waals surface area contributed by atoms with Gasteiger partial charge in [-0.25, -0.2) is 14.6 Å². The number of methoxy groups -OCH3 is 1. The Morgan fingerprint density at radius 2 is 1.82 bits per heavy atom. The van der Waals surface area contributed by atoms with Crippen LogP contribution in [0.5, 0.6) is 0 Å². The van der Waals surface area contributed by atoms with E-state index in [-0.39, 0.29) is 18.0 Å². The summed E-state index contributed by atoms with van der Waals surface area (Å²) in [6, 6.07) is 10.5. The number of piperidine rings is 1. The molecule has 1 fully saturated rings. The molecule has 2 amide bonds. The van der Waals surface area contributed by atoms with E-state index >= 15 is 0 Å². The van der Waals surface area contributed by atoms with Crippen LogP contribution < -0.4 is 4.90 Å². The summed E-state index contributed by atoms with van der Waals surface area (Å²) in [5.74, 6) is -0.157. The second kappa shape index (κ2) is 11.3. The van der Waals surface area contributed by atoms with Gasteiger partial charge < -0.3 is 14.4 Å². The summed E-state index contributed by atoms with van der Waals surface area (Å²) in [4.78, 5) is 47.1. The molecule has 3 heterocycles. The van der Waals surface area contributed by atoms with Crippen LogP contribution in [0.25, 0.3) is 11.1 Å². The number of aromatic nitrogens is 3. The predicted octanol–water partition coefficient (Wildman–Crippen LogP) is 4.62. The molecule has 0 radical (unpaired) electrons. The zero-order valence-electron chi connectivity index (χ0n) is 23.3. The molecule has 0 bridgehead atoms. The van der Waals surface area contributed by atoms with Gasteiger partial charge >= 0.3 is 12.1 Å². The fourth-order valence-electron chi connectivity index (χ4n) is 4.74. The van der Waals surface area contributed by atoms with Crippen molar-refractivity contribution in [2.45, 2.75) is 52.2 Å². The van der Waals surface area contributed by atoms with Crippen molar-refractivity contribution in [3.63, 3.8) is 0 Å². The van der Waals surface area contributed by atoms with Gasteiger partial charge in [0.05, 0.1) is 19.3 Å². The highest BCUT2D eigenvalue weighted by Crippen LogP contribution is 2.29. The lowest BCUT2D eigenvalue weighted by Gasteiger charge is -2.39. The topological polar surface area (TPSA) is 107 Å². The van der Waals surface area contributed by atoms with Crippen molar-refractivity contribution in [2.75, 3.05) is 25.1 Å². The Hall–Kier alpha value is -4.21. The number of rotatable bonds is 5. The summed E-state index contributed by atoms with van der Waals surface area (Å²) in [5.41, 5.74) is 2.37. The van der Waals surface area contributed by atoms with Gasteiger partial charge in [0.2, 0.25) is 0 Å². The van der Waals surface area contributed by atoms with Crippen LogP contribution in [0.1, 0.15) is 60.0 Å². The predicted molar refractivity (Wildman–Crippen MR) is 147 cm³/mol. The van der Waals surface area contributed by atoms with Crippen molar-refractivity contribution in [1.29, 1.82) is 0 Å². The number of hydrogen-bond acceptors (Lipinski definition) is 7. The van der Waals surface area contributed by atoms with Gasteiger partial charge in [-0.2, -0.15) is 5.10 Å². The Morgan fingerprint density at radius 1 is 1.10 bits per heavy atom. The van der Waals surface area contributed by atoms with Gasteiger partial charge in [-0.15, -0.1) is 0 Å². The van der Waals surface area contributed by atoms with E-state index in [1.807, 2.05) is 39.8 Å². The van der Waals surface area contributed by atoms with E-state index in [9.17, 15) is 14.4 Å². The number of hydrogen-bond donors (Lipinski definition) is 0. The molecule has 1 atom stereocenters. The number of esters is 1. The first-order valence-corrected chi connectivity index (χ1v) is 12.9. The van der Waals surface area contributed by atoms with Crippen molar-refractivity contribution in [1.82, 2.24) is 19.7 Å². The van der Waals surface area contributed by atoms with Crippen LogP contribution >= 0.6 is 0 Å². The molecular weight excluding hydrogens is 498 g/mol. The molecule has 0 aliphatic carbocycles. The molecular formula is C29H35N5O5. The van der Waals surface area contributed by atoms with Gasteiger partial charge in [-0.3, -0.25) is 14.4 Å². The van der Waals surface area contributed by atoms with Crippen LogP contribution in [0.15, 0.2) is 48.8 Å². The lowest BCUT2D eigenvalue weighted by molar-refractivity contribution is 0.0195. The minimum atomic E-state index is -0.610. The van der Waals surface area contributed by atoms with Crippen LogP contribution in [0.3, 0.4) is 0 Å². The summed E-state index contributed by atoms with van der Waals surface area (Å²) in [6.07, 6.45) is 4.32. The molecule has 1 aliphatic heterocycles. The van der Waals surface area contributed by atoms with Crippen molar-refractivity contribution in [2.24, 2.45) is 7.05 Å². The Kier molecular flexibility index (Phi) is 8.03. The molecule has 0 unspecified atom stereocenters. The molecule has 3 aromatic rings. The summed E-state index contributed by atoms with van der Waals surface area (Å²) in [6.45, 7) is 8.33. The van der Waals surface area contributed by atoms with E-state index in [1.54, 1.807) is 53.5 Å². The molecule has 1 saturated heterocycles. The number of nitrogens with zero attached hydrogens (tertiary/aromatic N) is 5. The summed E-state index contributed by atoms with van der Waals surface area (Å²) >= 11 is 0. The monoisotopic (exact) mass is 533 g/mol. The normalized spacial score (nSPS) is 15.5. The molecule has 10 nitrogen and oxygen atoms in total. The second-order valence-electron chi connectivity index (χ2n) is 10.6. The number of carbonyl (C=O) groups excluding carboxylic acids is 3. The lowest BCUT2D eigenvalue weighted by Crippen LogP contribution is -2.53. The zero-order chi connectivity index (χ0) is 28.3. The van der Waals surface area contributed by atoms with Crippen LogP contribution in [0.4, 0.5) is 10.6 Å². The second-order valence-corrected chi connectivity index (χ2v) is 10.6. The number of benzene rings is 1. The fraction of sp³-hybridized carbons (Fsp3) is 0.414. The van der Waals surface area contributed by atoms with Gasteiger partial charge in [0.15, 0.2) is 5.69 Å². The average Bonchev–Trinajstić information content (AvgIpc) is 3.30. The highest BCUT2D eigenvalue weighted by Gasteiger charge is 2.35. The van der Waals surface area contributed by atoms with Crippen LogP contribution in [0, 0.1) is 6.92 Å². The Bertz CT molecular complexity index is 1360. The zero-order valence-corrected chi connectivity index (χ0v) is 23.3. The van der Waals surface area contributed by atoms with Gasteiger partial charge in [-0.1, -0.05) is 18.2 Å². The molecule has 0 saturated carbocycles. The number of pyridine rings is 1. The van der Waals surface area contributed by atoms with Crippen LogP contribution in [-0.2, 0) is 16.5 Å². The number of likely N-dealkylation sites (tertiary alicyclic amines) is 1. The average molecular weight is 534 g/mol. The molecule has 1 aromatic carbocycles.